The molecular formula is C4H6N3O2P. The van der Waals surface area contributed by atoms with E-state index < -0.39 is 6.03 Å². The van der Waals surface area contributed by atoms with Crippen LogP contribution in [0.25, 0.3) is 0 Å². The zero-order chi connectivity index (χ0) is 7.40. The van der Waals surface area contributed by atoms with Crippen molar-refractivity contribution in [2.45, 2.75) is 0 Å². The van der Waals surface area contributed by atoms with Gasteiger partial charge < -0.3 is 15.9 Å². The molecule has 54 valence electrons. The Morgan fingerprint density at radius 1 is 1.90 bits per heavy atom. The predicted octanol–water partition coefficient (Wildman–Crippen LogP) is -0.306. The van der Waals surface area contributed by atoms with Crippen LogP contribution in [-0.2, 0) is 4.84 Å². The topological polar surface area (TPSA) is 76.4 Å². The maximum atomic E-state index is 10.3. The average Bonchev–Trinajstić information content (AvgIpc) is 1.88. The lowest BCUT2D eigenvalue weighted by Crippen LogP contribution is -2.34. The monoisotopic (exact) mass is 159 g/mol. The van der Waals surface area contributed by atoms with Crippen molar-refractivity contribution < 1.29 is 9.63 Å². The first kappa shape index (κ1) is 7.05. The van der Waals surface area contributed by atoms with Gasteiger partial charge in [0.1, 0.15) is 6.26 Å². The third-order valence-corrected chi connectivity index (χ3v) is 1.46. The number of hydrogen-bond donors (Lipinski definition) is 3. The smallest absolute Gasteiger partial charge is 0.316 e. The summed E-state index contributed by atoms with van der Waals surface area (Å²) in [7, 11) is 0.684. The molecule has 0 aromatic carbocycles. The Hall–Kier alpha value is -1.06. The van der Waals surface area contributed by atoms with Gasteiger partial charge in [0, 0.05) is 14.4 Å². The zero-order valence-electron chi connectivity index (χ0n) is 5.00. The molecule has 0 aromatic heterocycles. The van der Waals surface area contributed by atoms with E-state index in [9.17, 15) is 4.79 Å². The number of hydrogen-bond acceptors (Lipinski definition) is 3. The molecular weight excluding hydrogens is 153 g/mol. The summed E-state index contributed by atoms with van der Waals surface area (Å²) in [6.07, 6.45) is 3.03. The van der Waals surface area contributed by atoms with E-state index in [0.29, 0.717) is 13.8 Å². The molecule has 0 spiro atoms. The fourth-order valence-corrected chi connectivity index (χ4v) is 0.951. The Labute approximate surface area is 59.0 Å². The molecule has 0 aliphatic carbocycles. The minimum Gasteiger partial charge on any atom is -0.408 e. The second kappa shape index (κ2) is 3.20. The van der Waals surface area contributed by atoms with Gasteiger partial charge in [-0.15, -0.1) is 5.25 Å². The lowest BCUT2D eigenvalue weighted by molar-refractivity contribution is 0.212. The van der Waals surface area contributed by atoms with Gasteiger partial charge in [-0.05, 0) is 0 Å². The maximum Gasteiger partial charge on any atom is 0.316 e. The third kappa shape index (κ3) is 2.05. The summed E-state index contributed by atoms with van der Waals surface area (Å²) in [6, 6.07) is -0.573. The molecule has 4 N–H and O–H groups in total. The van der Waals surface area contributed by atoms with Crippen LogP contribution in [0.3, 0.4) is 0 Å². The number of primary amides is 1. The molecule has 0 radical (unpaired) electrons. The highest BCUT2D eigenvalue weighted by atomic mass is 31.1. The fourth-order valence-electron chi connectivity index (χ4n) is 0.438. The van der Waals surface area contributed by atoms with Gasteiger partial charge in [-0.25, -0.2) is 4.79 Å². The standard InChI is InChI=1S/C4H6N3O2P/c5-4(8)6-3-1-2-9-7-10-3/h1-2,7H,(H3,5,6,8). The van der Waals surface area contributed by atoms with Gasteiger partial charge in [-0.2, -0.15) is 0 Å². The molecule has 1 heterocycles. The zero-order valence-corrected chi connectivity index (χ0v) is 5.89. The number of rotatable bonds is 1. The van der Waals surface area contributed by atoms with Crippen LogP contribution in [0.4, 0.5) is 4.79 Å². The van der Waals surface area contributed by atoms with Crippen molar-refractivity contribution in [2.24, 2.45) is 5.73 Å². The molecule has 5 nitrogen and oxygen atoms in total. The number of carbonyl (C=O) groups excluding carboxylic acids is 1. The van der Waals surface area contributed by atoms with Crippen LogP contribution in [0.2, 0.25) is 0 Å². The highest BCUT2D eigenvalue weighted by Gasteiger charge is 1.98. The van der Waals surface area contributed by atoms with E-state index in [2.05, 4.69) is 15.4 Å². The van der Waals surface area contributed by atoms with Crippen LogP contribution < -0.4 is 16.3 Å². The van der Waals surface area contributed by atoms with Crippen molar-refractivity contribution in [1.29, 1.82) is 0 Å². The van der Waals surface area contributed by atoms with Gasteiger partial charge in [0.15, 0.2) is 0 Å². The first-order chi connectivity index (χ1) is 4.79. The van der Waals surface area contributed by atoms with Gasteiger partial charge in [0.25, 0.3) is 0 Å². The second-order valence-electron chi connectivity index (χ2n) is 1.50. The largest absolute Gasteiger partial charge is 0.408 e. The van der Waals surface area contributed by atoms with Crippen molar-refractivity contribution in [2.75, 3.05) is 0 Å². The highest BCUT2D eigenvalue weighted by Crippen LogP contribution is 1.98. The molecule has 0 atom stereocenters. The van der Waals surface area contributed by atoms with Crippen LogP contribution in [0.15, 0.2) is 12.3 Å². The molecule has 1 aliphatic rings. The predicted molar refractivity (Wildman–Crippen MR) is 38.0 cm³/mol. The van der Waals surface area contributed by atoms with Crippen molar-refractivity contribution in [3.8, 4) is 0 Å². The first-order valence-corrected chi connectivity index (χ1v) is 3.40. The minimum atomic E-state index is -0.573. The summed E-state index contributed by atoms with van der Waals surface area (Å²) in [5, 5.41) is 4.91. The van der Waals surface area contributed by atoms with Gasteiger partial charge in [-0.3, -0.25) is 0 Å². The lowest BCUT2D eigenvalue weighted by atomic mass is 10.6. The lowest BCUT2D eigenvalue weighted by Gasteiger charge is -2.05. The van der Waals surface area contributed by atoms with E-state index in [4.69, 9.17) is 5.73 Å². The molecule has 0 unspecified atom stereocenters. The Balaban J connectivity index is 2.48. The molecule has 0 saturated carbocycles. The minimum absolute atomic E-state index is 0.573. The number of urea groups is 1. The summed E-state index contributed by atoms with van der Waals surface area (Å²) < 4.78 is 0. The van der Waals surface area contributed by atoms with Gasteiger partial charge in [0.05, 0.1) is 5.42 Å². The van der Waals surface area contributed by atoms with E-state index >= 15 is 0 Å². The first-order valence-electron chi connectivity index (χ1n) is 2.50. The number of nitrogens with two attached hydrogens (primary N) is 1. The Kier molecular flexibility index (Phi) is 2.25. The fraction of sp³-hybridized carbons (Fsp3) is 0. The molecule has 6 heteroatoms. The molecule has 1 rings (SSSR count). The number of carbonyl (C=O) groups is 1. The van der Waals surface area contributed by atoms with Crippen molar-refractivity contribution in [1.82, 2.24) is 10.6 Å². The summed E-state index contributed by atoms with van der Waals surface area (Å²) in [5.74, 6) is 0. The van der Waals surface area contributed by atoms with Gasteiger partial charge in [-0.1, -0.05) is 0 Å². The number of nitrogens with one attached hydrogen (secondary N) is 2. The average molecular weight is 159 g/mol. The van der Waals surface area contributed by atoms with E-state index in [-0.39, 0.29) is 0 Å². The summed E-state index contributed by atoms with van der Waals surface area (Å²) >= 11 is 0. The van der Waals surface area contributed by atoms with E-state index in [1.165, 1.54) is 6.26 Å². The van der Waals surface area contributed by atoms with E-state index in [1.807, 2.05) is 0 Å². The maximum absolute atomic E-state index is 10.3. The van der Waals surface area contributed by atoms with Gasteiger partial charge in [0.2, 0.25) is 0 Å². The molecule has 0 bridgehead atoms. The quantitative estimate of drug-likeness (QED) is 0.459. The van der Waals surface area contributed by atoms with E-state index in [0.717, 1.165) is 0 Å². The molecule has 0 saturated heterocycles. The molecule has 0 aromatic rings. The Morgan fingerprint density at radius 2 is 2.70 bits per heavy atom. The Morgan fingerprint density at radius 3 is 3.20 bits per heavy atom. The summed E-state index contributed by atoms with van der Waals surface area (Å²) in [4.78, 5) is 14.9. The second-order valence-corrected chi connectivity index (χ2v) is 2.39. The van der Waals surface area contributed by atoms with Gasteiger partial charge >= 0.3 is 6.03 Å². The van der Waals surface area contributed by atoms with Crippen LogP contribution in [0.1, 0.15) is 0 Å². The number of amides is 2. The van der Waals surface area contributed by atoms with Crippen LogP contribution in [0, 0.1) is 0 Å². The van der Waals surface area contributed by atoms with Crippen molar-refractivity contribution >= 4 is 19.8 Å². The third-order valence-electron chi connectivity index (χ3n) is 0.764. The Bertz CT molecular complexity index is 201. The molecule has 10 heavy (non-hydrogen) atoms. The normalized spacial score (nSPS) is 17.0. The van der Waals surface area contributed by atoms with Crippen LogP contribution >= 0.6 is 8.35 Å². The van der Waals surface area contributed by atoms with Crippen LogP contribution in [0.5, 0.6) is 0 Å². The summed E-state index contributed by atoms with van der Waals surface area (Å²) in [6.45, 7) is 0. The summed E-state index contributed by atoms with van der Waals surface area (Å²) in [5.41, 5.74) is 5.51. The molecule has 1 aliphatic heterocycles. The van der Waals surface area contributed by atoms with Crippen LogP contribution in [-0.4, -0.2) is 11.4 Å². The molecule has 0 fully saturated rings. The SMILES string of the molecule is NC(=O)NC1=PNOC=C1. The van der Waals surface area contributed by atoms with E-state index in [1.54, 1.807) is 6.08 Å². The highest BCUT2D eigenvalue weighted by molar-refractivity contribution is 7.38. The van der Waals surface area contributed by atoms with Crippen molar-refractivity contribution in [3.63, 3.8) is 0 Å². The van der Waals surface area contributed by atoms with Crippen molar-refractivity contribution in [3.05, 3.63) is 12.3 Å². The molecule has 2 amide bonds.